The van der Waals surface area contributed by atoms with Crippen molar-refractivity contribution < 1.29 is 9.53 Å². The average molecular weight is 299 g/mol. The highest BCUT2D eigenvalue weighted by atomic mass is 16.5. The molecule has 0 aliphatic rings. The van der Waals surface area contributed by atoms with E-state index in [1.54, 1.807) is 0 Å². The maximum atomic E-state index is 11.2. The Balaban J connectivity index is 3.04. The Hall–Kier alpha value is -0.730. The molecule has 0 fully saturated rings. The van der Waals surface area contributed by atoms with E-state index in [0.717, 1.165) is 19.4 Å². The summed E-state index contributed by atoms with van der Waals surface area (Å²) in [4.78, 5) is 11.2. The predicted molar refractivity (Wildman–Crippen MR) is 90.7 cm³/mol. The third-order valence-electron chi connectivity index (χ3n) is 3.74. The van der Waals surface area contributed by atoms with E-state index in [4.69, 9.17) is 4.74 Å². The van der Waals surface area contributed by atoms with Crippen LogP contribution in [0.15, 0.2) is 0 Å². The number of ether oxygens (including phenoxy) is 1. The molecule has 21 heavy (non-hydrogen) atoms. The van der Waals surface area contributed by atoms with Crippen LogP contribution in [0.5, 0.6) is 0 Å². The Kier molecular flexibility index (Phi) is 16.7. The summed E-state index contributed by atoms with van der Waals surface area (Å²) in [5, 5.41) is 2.79. The zero-order chi connectivity index (χ0) is 15.6. The molecule has 0 saturated carbocycles. The first-order valence-corrected chi connectivity index (χ1v) is 9.21. The fraction of sp³-hybridized carbons (Fsp3) is 0.944. The highest BCUT2D eigenvalue weighted by molar-refractivity contribution is 5.66. The smallest absolute Gasteiger partial charge is 0.407 e. The largest absolute Gasteiger partial charge is 0.450 e. The van der Waals surface area contributed by atoms with Gasteiger partial charge in [-0.15, -0.1) is 0 Å². The molecule has 126 valence electrons. The number of carbonyl (C=O) groups is 1. The molecular weight excluding hydrogens is 262 g/mol. The number of hydrogen-bond donors (Lipinski definition) is 1. The normalized spacial score (nSPS) is 10.6. The Morgan fingerprint density at radius 3 is 1.67 bits per heavy atom. The van der Waals surface area contributed by atoms with E-state index < -0.39 is 0 Å². The third-order valence-corrected chi connectivity index (χ3v) is 3.74. The van der Waals surface area contributed by atoms with Crippen molar-refractivity contribution in [2.45, 2.75) is 97.3 Å². The Labute approximate surface area is 132 Å². The summed E-state index contributed by atoms with van der Waals surface area (Å²) < 4.78 is 4.95. The van der Waals surface area contributed by atoms with Crippen LogP contribution in [0.25, 0.3) is 0 Å². The second kappa shape index (κ2) is 17.3. The van der Waals surface area contributed by atoms with Gasteiger partial charge in [0, 0.05) is 6.54 Å². The van der Waals surface area contributed by atoms with Crippen molar-refractivity contribution in [2.75, 3.05) is 13.2 Å². The Bertz CT molecular complexity index is 219. The van der Waals surface area contributed by atoms with Crippen molar-refractivity contribution in [3.63, 3.8) is 0 Å². The van der Waals surface area contributed by atoms with Gasteiger partial charge in [0.15, 0.2) is 0 Å². The molecule has 0 rings (SSSR count). The number of nitrogens with one attached hydrogen (secondary N) is 1. The van der Waals surface area contributed by atoms with Gasteiger partial charge in [0.05, 0.1) is 6.61 Å². The molecule has 0 aromatic carbocycles. The molecule has 1 amide bonds. The summed E-state index contributed by atoms with van der Waals surface area (Å²) in [7, 11) is 0. The van der Waals surface area contributed by atoms with E-state index in [-0.39, 0.29) is 6.09 Å². The molecule has 0 aliphatic carbocycles. The van der Waals surface area contributed by atoms with Crippen LogP contribution in [0.3, 0.4) is 0 Å². The first-order valence-electron chi connectivity index (χ1n) is 9.21. The van der Waals surface area contributed by atoms with Crippen LogP contribution in [-0.2, 0) is 4.74 Å². The highest BCUT2D eigenvalue weighted by Crippen LogP contribution is 2.11. The molecule has 0 aromatic heterocycles. The van der Waals surface area contributed by atoms with Gasteiger partial charge in [-0.25, -0.2) is 4.79 Å². The van der Waals surface area contributed by atoms with Crippen molar-refractivity contribution in [1.82, 2.24) is 5.32 Å². The van der Waals surface area contributed by atoms with E-state index in [1.165, 1.54) is 70.6 Å². The average Bonchev–Trinajstić information content (AvgIpc) is 2.49. The predicted octanol–water partition coefficient (Wildman–Crippen LogP) is 5.82. The maximum Gasteiger partial charge on any atom is 0.407 e. The van der Waals surface area contributed by atoms with Crippen molar-refractivity contribution in [1.29, 1.82) is 0 Å². The minimum Gasteiger partial charge on any atom is -0.450 e. The summed E-state index contributed by atoms with van der Waals surface area (Å²) in [6, 6.07) is 0. The summed E-state index contributed by atoms with van der Waals surface area (Å²) in [5.41, 5.74) is 0. The number of unbranched alkanes of at least 4 members (excludes halogenated alkanes) is 11. The second-order valence-corrected chi connectivity index (χ2v) is 5.95. The first kappa shape index (κ1) is 20.3. The van der Waals surface area contributed by atoms with Crippen LogP contribution < -0.4 is 5.32 Å². The molecule has 0 saturated heterocycles. The topological polar surface area (TPSA) is 38.3 Å². The van der Waals surface area contributed by atoms with E-state index >= 15 is 0 Å². The van der Waals surface area contributed by atoms with Gasteiger partial charge in [0.2, 0.25) is 0 Å². The van der Waals surface area contributed by atoms with Crippen LogP contribution >= 0.6 is 0 Å². The Morgan fingerprint density at radius 1 is 0.714 bits per heavy atom. The van der Waals surface area contributed by atoms with Gasteiger partial charge in [-0.05, 0) is 12.8 Å². The van der Waals surface area contributed by atoms with Gasteiger partial charge < -0.3 is 10.1 Å². The van der Waals surface area contributed by atoms with Gasteiger partial charge in [-0.1, -0.05) is 84.5 Å². The molecule has 3 nitrogen and oxygen atoms in total. The minimum absolute atomic E-state index is 0.264. The van der Waals surface area contributed by atoms with Crippen LogP contribution in [-0.4, -0.2) is 19.2 Å². The van der Waals surface area contributed by atoms with Gasteiger partial charge in [0.1, 0.15) is 0 Å². The molecule has 0 bridgehead atoms. The molecule has 1 N–H and O–H groups in total. The lowest BCUT2D eigenvalue weighted by molar-refractivity contribution is 0.146. The molecule has 0 atom stereocenters. The molecule has 0 radical (unpaired) electrons. The number of carbonyl (C=O) groups excluding carboxylic acids is 1. The molecule has 0 spiro atoms. The number of hydrogen-bond acceptors (Lipinski definition) is 2. The fourth-order valence-electron chi connectivity index (χ4n) is 2.40. The zero-order valence-corrected chi connectivity index (χ0v) is 14.4. The minimum atomic E-state index is -0.264. The fourth-order valence-corrected chi connectivity index (χ4v) is 2.40. The quantitative estimate of drug-likeness (QED) is 0.387. The van der Waals surface area contributed by atoms with Crippen LogP contribution in [0, 0.1) is 0 Å². The number of alkyl carbamates (subject to hydrolysis) is 1. The molecule has 0 aliphatic heterocycles. The van der Waals surface area contributed by atoms with Gasteiger partial charge in [0.25, 0.3) is 0 Å². The lowest BCUT2D eigenvalue weighted by Gasteiger charge is -2.06. The summed E-state index contributed by atoms with van der Waals surface area (Å²) in [5.74, 6) is 0. The lowest BCUT2D eigenvalue weighted by Crippen LogP contribution is -2.25. The van der Waals surface area contributed by atoms with Gasteiger partial charge in [-0.3, -0.25) is 0 Å². The standard InChI is InChI=1S/C18H37NO2/c1-3-5-6-7-8-9-10-11-12-13-14-15-16-19-18(20)21-17-4-2/h3-17H2,1-2H3,(H,19,20). The molecular formula is C18H37NO2. The monoisotopic (exact) mass is 299 g/mol. The summed E-state index contributed by atoms with van der Waals surface area (Å²) in [6.07, 6.45) is 16.7. The van der Waals surface area contributed by atoms with Crippen LogP contribution in [0.4, 0.5) is 4.79 Å². The number of rotatable bonds is 15. The first-order chi connectivity index (χ1) is 10.3. The van der Waals surface area contributed by atoms with E-state index in [0.29, 0.717) is 6.61 Å². The zero-order valence-electron chi connectivity index (χ0n) is 14.4. The second-order valence-electron chi connectivity index (χ2n) is 5.95. The van der Waals surface area contributed by atoms with Crippen molar-refractivity contribution in [2.24, 2.45) is 0 Å². The molecule has 0 heterocycles. The van der Waals surface area contributed by atoms with E-state index in [1.807, 2.05) is 6.92 Å². The maximum absolute atomic E-state index is 11.2. The van der Waals surface area contributed by atoms with Gasteiger partial charge >= 0.3 is 6.09 Å². The Morgan fingerprint density at radius 2 is 1.19 bits per heavy atom. The number of amides is 1. The lowest BCUT2D eigenvalue weighted by atomic mass is 10.1. The molecule has 0 unspecified atom stereocenters. The van der Waals surface area contributed by atoms with E-state index in [2.05, 4.69) is 12.2 Å². The summed E-state index contributed by atoms with van der Waals surface area (Å²) >= 11 is 0. The van der Waals surface area contributed by atoms with Gasteiger partial charge in [-0.2, -0.15) is 0 Å². The van der Waals surface area contributed by atoms with E-state index in [9.17, 15) is 4.79 Å². The SMILES string of the molecule is CCCCCCCCCCCCCCNC(=O)OCCC. The van der Waals surface area contributed by atoms with Crippen molar-refractivity contribution >= 4 is 6.09 Å². The van der Waals surface area contributed by atoms with Crippen LogP contribution in [0.1, 0.15) is 97.3 Å². The molecule has 3 heteroatoms. The third kappa shape index (κ3) is 17.2. The summed E-state index contributed by atoms with van der Waals surface area (Å²) in [6.45, 7) is 5.53. The van der Waals surface area contributed by atoms with Crippen molar-refractivity contribution in [3.05, 3.63) is 0 Å². The van der Waals surface area contributed by atoms with Crippen molar-refractivity contribution in [3.8, 4) is 0 Å². The molecule has 0 aromatic rings. The van der Waals surface area contributed by atoms with Crippen LogP contribution in [0.2, 0.25) is 0 Å². The highest BCUT2D eigenvalue weighted by Gasteiger charge is 1.99.